The minimum Gasteiger partial charge on any atom is -0.198 e. The molecule has 10 nitrogen and oxygen atoms in total. The predicted molar refractivity (Wildman–Crippen MR) is 111 cm³/mol. The normalized spacial score (nSPS) is 20.9. The van der Waals surface area contributed by atoms with Gasteiger partial charge in [0, 0.05) is 0 Å². The molecule has 2 fully saturated rings. The summed E-state index contributed by atoms with van der Waals surface area (Å²) in [5.74, 6) is -1.38. The van der Waals surface area contributed by atoms with E-state index in [1.165, 1.54) is 0 Å². The van der Waals surface area contributed by atoms with E-state index in [9.17, 15) is 33.7 Å². The lowest BCUT2D eigenvalue weighted by molar-refractivity contribution is 0.417. The van der Waals surface area contributed by atoms with Crippen molar-refractivity contribution in [1.82, 2.24) is 0 Å². The van der Waals surface area contributed by atoms with E-state index in [-0.39, 0.29) is 12.8 Å². The molecule has 14 heteroatoms. The maximum atomic E-state index is 12.1. The molecule has 0 radical (unpaired) electrons. The van der Waals surface area contributed by atoms with Gasteiger partial charge in [-0.1, -0.05) is 38.5 Å². The summed E-state index contributed by atoms with van der Waals surface area (Å²) in [5, 5.41) is -1.69. The highest BCUT2D eigenvalue weighted by molar-refractivity contribution is 8.00. The fourth-order valence-corrected chi connectivity index (χ4v) is 10.4. The van der Waals surface area contributed by atoms with Crippen molar-refractivity contribution >= 4 is 40.5 Å². The largest absolute Gasteiger partial charge is 0.284 e. The molecule has 178 valence electrons. The molecule has 0 aliphatic heterocycles. The van der Waals surface area contributed by atoms with Crippen LogP contribution in [0, 0.1) is 0 Å². The van der Waals surface area contributed by atoms with Crippen LogP contribution in [0.15, 0.2) is 0 Å². The Hall–Kier alpha value is -0.280. The molecular formula is C16H30O10S4. The van der Waals surface area contributed by atoms with Crippen molar-refractivity contribution in [2.45, 2.75) is 87.5 Å². The summed E-state index contributed by atoms with van der Waals surface area (Å²) in [5.41, 5.74) is 0. The first-order chi connectivity index (χ1) is 13.8. The van der Waals surface area contributed by atoms with E-state index in [0.29, 0.717) is 51.4 Å². The lowest BCUT2D eigenvalue weighted by Gasteiger charge is -2.21. The minimum absolute atomic E-state index is 0.214. The Labute approximate surface area is 180 Å². The van der Waals surface area contributed by atoms with Crippen molar-refractivity contribution in [2.24, 2.45) is 0 Å². The summed E-state index contributed by atoms with van der Waals surface area (Å²) in [7, 11) is -17.3. The molecule has 0 atom stereocenters. The Morgan fingerprint density at radius 3 is 1.10 bits per heavy atom. The molecule has 2 aliphatic carbocycles. The number of unbranched alkanes of at least 4 members (excludes halogenated alkanes) is 1. The van der Waals surface area contributed by atoms with Gasteiger partial charge in [-0.25, -0.2) is 0 Å². The SMILES string of the molecule is O=S(=O)(CCCCS(=O)(=O)OS(=O)(=O)C1CCCCC1)OS(=O)(=O)C1CCCCC1. The Bertz CT molecular complexity index is 887. The van der Waals surface area contributed by atoms with E-state index < -0.39 is 62.5 Å². The van der Waals surface area contributed by atoms with Crippen LogP contribution >= 0.6 is 0 Å². The summed E-state index contributed by atoms with van der Waals surface area (Å²) in [6.45, 7) is 0. The van der Waals surface area contributed by atoms with Crippen LogP contribution in [-0.2, 0) is 47.7 Å². The van der Waals surface area contributed by atoms with E-state index >= 15 is 0 Å². The third-order valence-corrected chi connectivity index (χ3v) is 12.7. The van der Waals surface area contributed by atoms with E-state index in [1.807, 2.05) is 0 Å². The third kappa shape index (κ3) is 8.34. The second kappa shape index (κ2) is 10.6. The standard InChI is InChI=1S/C16H30O10S4/c17-27(18,25-29(21,22)15-9-3-1-4-10-15)13-7-8-14-28(19,20)26-30(23,24)16-11-5-2-6-12-16/h15-16H,1-14H2. The summed E-state index contributed by atoms with van der Waals surface area (Å²) >= 11 is 0. The van der Waals surface area contributed by atoms with Crippen LogP contribution in [0.2, 0.25) is 0 Å². The smallest absolute Gasteiger partial charge is 0.198 e. The van der Waals surface area contributed by atoms with Gasteiger partial charge in [-0.15, -0.1) is 7.26 Å². The lowest BCUT2D eigenvalue weighted by atomic mass is 10.0. The molecule has 0 aromatic carbocycles. The van der Waals surface area contributed by atoms with E-state index in [4.69, 9.17) is 0 Å². The highest BCUT2D eigenvalue weighted by atomic mass is 32.3. The zero-order valence-corrected chi connectivity index (χ0v) is 20.0. The first kappa shape index (κ1) is 26.0. The summed E-state index contributed by atoms with van der Waals surface area (Å²) in [6.07, 6.45) is 5.52. The van der Waals surface area contributed by atoms with Crippen molar-refractivity contribution in [3.63, 3.8) is 0 Å². The maximum absolute atomic E-state index is 12.1. The van der Waals surface area contributed by atoms with Crippen LogP contribution in [0.4, 0.5) is 0 Å². The van der Waals surface area contributed by atoms with E-state index in [1.54, 1.807) is 0 Å². The molecule has 0 heterocycles. The Morgan fingerprint density at radius 1 is 0.500 bits per heavy atom. The van der Waals surface area contributed by atoms with Gasteiger partial charge in [0.15, 0.2) is 0 Å². The second-order valence-electron chi connectivity index (χ2n) is 7.87. The van der Waals surface area contributed by atoms with Gasteiger partial charge in [0.25, 0.3) is 40.5 Å². The molecule has 0 bridgehead atoms. The van der Waals surface area contributed by atoms with Crippen molar-refractivity contribution in [1.29, 1.82) is 0 Å². The first-order valence-corrected chi connectivity index (χ1v) is 16.3. The maximum Gasteiger partial charge on any atom is 0.284 e. The predicted octanol–water partition coefficient (Wildman–Crippen LogP) is 1.78. The van der Waals surface area contributed by atoms with Gasteiger partial charge < -0.3 is 0 Å². The van der Waals surface area contributed by atoms with Gasteiger partial charge in [0.05, 0.1) is 22.0 Å². The molecule has 0 amide bonds. The zero-order valence-electron chi connectivity index (χ0n) is 16.8. The molecule has 0 N–H and O–H groups in total. The van der Waals surface area contributed by atoms with Gasteiger partial charge in [0.2, 0.25) is 0 Å². The highest BCUT2D eigenvalue weighted by Crippen LogP contribution is 2.27. The summed E-state index contributed by atoms with van der Waals surface area (Å²) in [4.78, 5) is 0. The zero-order chi connectivity index (χ0) is 22.5. The monoisotopic (exact) mass is 510 g/mol. The Kier molecular flexibility index (Phi) is 9.14. The van der Waals surface area contributed by atoms with E-state index in [0.717, 1.165) is 12.8 Å². The highest BCUT2D eigenvalue weighted by Gasteiger charge is 2.34. The number of hydrogen-bond acceptors (Lipinski definition) is 10. The molecule has 0 spiro atoms. The first-order valence-electron chi connectivity index (χ1n) is 10.2. The summed E-state index contributed by atoms with van der Waals surface area (Å²) in [6, 6.07) is 0. The lowest BCUT2D eigenvalue weighted by Crippen LogP contribution is -2.29. The van der Waals surface area contributed by atoms with Gasteiger partial charge in [-0.3, -0.25) is 0 Å². The quantitative estimate of drug-likeness (QED) is 0.375. The van der Waals surface area contributed by atoms with Gasteiger partial charge in [-0.05, 0) is 38.5 Å². The molecule has 0 saturated heterocycles. The van der Waals surface area contributed by atoms with Crippen LogP contribution in [0.5, 0.6) is 0 Å². The summed E-state index contributed by atoms with van der Waals surface area (Å²) < 4.78 is 105. The molecule has 2 rings (SSSR count). The number of rotatable bonds is 11. The van der Waals surface area contributed by atoms with Gasteiger partial charge in [-0.2, -0.15) is 33.7 Å². The van der Waals surface area contributed by atoms with Gasteiger partial charge in [0.1, 0.15) is 0 Å². The topological polar surface area (TPSA) is 155 Å². The van der Waals surface area contributed by atoms with E-state index in [2.05, 4.69) is 7.26 Å². The van der Waals surface area contributed by atoms with Crippen molar-refractivity contribution < 1.29 is 40.9 Å². The van der Waals surface area contributed by atoms with Crippen LogP contribution in [0.3, 0.4) is 0 Å². The molecule has 2 saturated carbocycles. The van der Waals surface area contributed by atoms with Crippen LogP contribution in [0.1, 0.15) is 77.0 Å². The minimum atomic E-state index is -4.40. The van der Waals surface area contributed by atoms with Crippen LogP contribution in [0.25, 0.3) is 0 Å². The van der Waals surface area contributed by atoms with Gasteiger partial charge >= 0.3 is 0 Å². The molecular weight excluding hydrogens is 480 g/mol. The average molecular weight is 511 g/mol. The Morgan fingerprint density at radius 2 is 0.800 bits per heavy atom. The second-order valence-corrected chi connectivity index (χ2v) is 15.3. The Balaban J connectivity index is 1.81. The number of hydrogen-bond donors (Lipinski definition) is 0. The molecule has 2 aliphatic rings. The third-order valence-electron chi connectivity index (χ3n) is 5.36. The molecule has 0 aromatic heterocycles. The molecule has 0 unspecified atom stereocenters. The fourth-order valence-electron chi connectivity index (χ4n) is 3.73. The molecule has 0 aromatic rings. The average Bonchev–Trinajstić information content (AvgIpc) is 2.65. The van der Waals surface area contributed by atoms with Crippen molar-refractivity contribution in [3.8, 4) is 0 Å². The van der Waals surface area contributed by atoms with Crippen molar-refractivity contribution in [2.75, 3.05) is 11.5 Å². The van der Waals surface area contributed by atoms with Crippen LogP contribution < -0.4 is 0 Å². The van der Waals surface area contributed by atoms with Crippen molar-refractivity contribution in [3.05, 3.63) is 0 Å². The fraction of sp³-hybridized carbons (Fsp3) is 1.00. The van der Waals surface area contributed by atoms with Crippen LogP contribution in [-0.4, -0.2) is 55.7 Å². The molecule has 30 heavy (non-hydrogen) atoms.